The number of thiazole rings is 1. The standard InChI is InChI=1S/C19H15N3O4S/c23-17-7-11(9-22(17)12-5-6-14-15(8-12)26-10-25-14)18(24)21-19-20-13-3-1-2-4-16(13)27-19/h1-6,8,11H,7,9-10H2,(H,20,21,24). The Labute approximate surface area is 158 Å². The molecule has 5 rings (SSSR count). The summed E-state index contributed by atoms with van der Waals surface area (Å²) in [7, 11) is 0. The van der Waals surface area contributed by atoms with Gasteiger partial charge in [-0.1, -0.05) is 23.5 Å². The number of aromatic nitrogens is 1. The lowest BCUT2D eigenvalue weighted by atomic mass is 10.1. The number of nitrogens with one attached hydrogen (secondary N) is 1. The van der Waals surface area contributed by atoms with Crippen molar-refractivity contribution in [3.05, 3.63) is 42.5 Å². The fourth-order valence-electron chi connectivity index (χ4n) is 3.32. The second kappa shape index (κ2) is 6.24. The summed E-state index contributed by atoms with van der Waals surface area (Å²) >= 11 is 1.42. The second-order valence-electron chi connectivity index (χ2n) is 6.42. The Balaban J connectivity index is 1.31. The Bertz CT molecular complexity index is 1030. The van der Waals surface area contributed by atoms with E-state index in [0.29, 0.717) is 28.9 Å². The minimum Gasteiger partial charge on any atom is -0.454 e. The molecule has 1 N–H and O–H groups in total. The van der Waals surface area contributed by atoms with E-state index >= 15 is 0 Å². The SMILES string of the molecule is O=C(Nc1nc2ccccc2s1)C1CC(=O)N(c2ccc3c(c2)OCO3)C1. The van der Waals surface area contributed by atoms with Crippen molar-refractivity contribution in [1.29, 1.82) is 0 Å². The predicted molar refractivity (Wildman–Crippen MR) is 101 cm³/mol. The molecule has 7 nitrogen and oxygen atoms in total. The van der Waals surface area contributed by atoms with Crippen molar-refractivity contribution < 1.29 is 19.1 Å². The number of nitrogens with zero attached hydrogens (tertiary/aromatic N) is 2. The van der Waals surface area contributed by atoms with Crippen LogP contribution < -0.4 is 19.7 Å². The lowest BCUT2D eigenvalue weighted by Crippen LogP contribution is -2.28. The molecule has 0 radical (unpaired) electrons. The van der Waals surface area contributed by atoms with Crippen molar-refractivity contribution in [2.24, 2.45) is 5.92 Å². The maximum atomic E-state index is 12.6. The van der Waals surface area contributed by atoms with Gasteiger partial charge in [-0.2, -0.15) is 0 Å². The number of ether oxygens (including phenoxy) is 2. The fourth-order valence-corrected chi connectivity index (χ4v) is 4.19. The van der Waals surface area contributed by atoms with E-state index in [0.717, 1.165) is 10.2 Å². The molecule has 0 bridgehead atoms. The Hall–Kier alpha value is -3.13. The van der Waals surface area contributed by atoms with Crippen molar-refractivity contribution in [1.82, 2.24) is 4.98 Å². The van der Waals surface area contributed by atoms with Crippen LogP contribution in [0.1, 0.15) is 6.42 Å². The highest BCUT2D eigenvalue weighted by atomic mass is 32.1. The summed E-state index contributed by atoms with van der Waals surface area (Å²) in [6.07, 6.45) is 0.172. The predicted octanol–water partition coefficient (Wildman–Crippen LogP) is 3.02. The zero-order chi connectivity index (χ0) is 18.4. The molecule has 3 heterocycles. The van der Waals surface area contributed by atoms with E-state index in [1.54, 1.807) is 23.1 Å². The summed E-state index contributed by atoms with van der Waals surface area (Å²) in [5, 5.41) is 3.40. The van der Waals surface area contributed by atoms with Crippen LogP contribution in [0.3, 0.4) is 0 Å². The molecule has 0 spiro atoms. The van der Waals surface area contributed by atoms with Crippen LogP contribution in [0, 0.1) is 5.92 Å². The third-order valence-electron chi connectivity index (χ3n) is 4.69. The zero-order valence-electron chi connectivity index (χ0n) is 14.2. The van der Waals surface area contributed by atoms with E-state index in [2.05, 4.69) is 10.3 Å². The molecule has 2 aliphatic rings. The number of hydrogen-bond acceptors (Lipinski definition) is 6. The summed E-state index contributed by atoms with van der Waals surface area (Å²) in [5.41, 5.74) is 1.56. The third-order valence-corrected chi connectivity index (χ3v) is 5.64. The molecule has 1 unspecified atom stereocenters. The molecule has 2 aliphatic heterocycles. The molecular formula is C19H15N3O4S. The quantitative estimate of drug-likeness (QED) is 0.754. The van der Waals surface area contributed by atoms with Gasteiger partial charge in [-0.3, -0.25) is 9.59 Å². The number of carbonyl (C=O) groups is 2. The largest absolute Gasteiger partial charge is 0.454 e. The average molecular weight is 381 g/mol. The molecule has 0 aliphatic carbocycles. The number of carbonyl (C=O) groups excluding carboxylic acids is 2. The van der Waals surface area contributed by atoms with Gasteiger partial charge in [0, 0.05) is 24.7 Å². The van der Waals surface area contributed by atoms with Crippen molar-refractivity contribution in [3.63, 3.8) is 0 Å². The first-order chi connectivity index (χ1) is 13.2. The smallest absolute Gasteiger partial charge is 0.231 e. The monoisotopic (exact) mass is 381 g/mol. The van der Waals surface area contributed by atoms with Crippen molar-refractivity contribution in [3.8, 4) is 11.5 Å². The minimum absolute atomic E-state index is 0.0849. The van der Waals surface area contributed by atoms with Gasteiger partial charge in [0.25, 0.3) is 0 Å². The van der Waals surface area contributed by atoms with Gasteiger partial charge in [-0.05, 0) is 24.3 Å². The zero-order valence-corrected chi connectivity index (χ0v) is 15.0. The average Bonchev–Trinajstić information content (AvgIpc) is 3.37. The van der Waals surface area contributed by atoms with Gasteiger partial charge in [0.2, 0.25) is 18.6 Å². The van der Waals surface area contributed by atoms with Gasteiger partial charge in [0.05, 0.1) is 16.1 Å². The van der Waals surface area contributed by atoms with E-state index in [1.807, 2.05) is 24.3 Å². The van der Waals surface area contributed by atoms with Gasteiger partial charge in [0.1, 0.15) is 0 Å². The number of benzene rings is 2. The van der Waals surface area contributed by atoms with Crippen LogP contribution in [-0.4, -0.2) is 30.1 Å². The first-order valence-corrected chi connectivity index (χ1v) is 9.35. The van der Waals surface area contributed by atoms with E-state index in [1.165, 1.54) is 11.3 Å². The molecule has 1 fully saturated rings. The van der Waals surface area contributed by atoms with Crippen LogP contribution in [0.5, 0.6) is 11.5 Å². The van der Waals surface area contributed by atoms with Crippen LogP contribution in [0.4, 0.5) is 10.8 Å². The van der Waals surface area contributed by atoms with E-state index in [9.17, 15) is 9.59 Å². The molecule has 3 aromatic rings. The molecule has 136 valence electrons. The number of amides is 2. The second-order valence-corrected chi connectivity index (χ2v) is 7.45. The maximum Gasteiger partial charge on any atom is 0.231 e. The van der Waals surface area contributed by atoms with Crippen LogP contribution in [0.15, 0.2) is 42.5 Å². The Morgan fingerprint density at radius 2 is 2.04 bits per heavy atom. The summed E-state index contributed by atoms with van der Waals surface area (Å²) < 4.78 is 11.7. The van der Waals surface area contributed by atoms with Gasteiger partial charge in [-0.15, -0.1) is 0 Å². The van der Waals surface area contributed by atoms with Crippen LogP contribution >= 0.6 is 11.3 Å². The first-order valence-electron chi connectivity index (χ1n) is 8.54. The molecule has 0 saturated carbocycles. The molecule has 1 atom stereocenters. The van der Waals surface area contributed by atoms with Crippen LogP contribution in [-0.2, 0) is 9.59 Å². The number of anilines is 2. The topological polar surface area (TPSA) is 80.8 Å². The van der Waals surface area contributed by atoms with Crippen LogP contribution in [0.2, 0.25) is 0 Å². The molecule has 1 aromatic heterocycles. The highest BCUT2D eigenvalue weighted by molar-refractivity contribution is 7.22. The van der Waals surface area contributed by atoms with Crippen LogP contribution in [0.25, 0.3) is 10.2 Å². The summed E-state index contributed by atoms with van der Waals surface area (Å²) in [5.74, 6) is 0.581. The van der Waals surface area contributed by atoms with Gasteiger partial charge < -0.3 is 19.7 Å². The van der Waals surface area contributed by atoms with Crippen molar-refractivity contribution in [2.75, 3.05) is 23.6 Å². The van der Waals surface area contributed by atoms with Crippen molar-refractivity contribution >= 4 is 44.2 Å². The highest BCUT2D eigenvalue weighted by Crippen LogP contribution is 2.37. The number of rotatable bonds is 3. The first kappa shape index (κ1) is 16.1. The van der Waals surface area contributed by atoms with Gasteiger partial charge in [0.15, 0.2) is 16.6 Å². The maximum absolute atomic E-state index is 12.6. The normalized spacial score (nSPS) is 18.3. The third kappa shape index (κ3) is 2.87. The summed E-state index contributed by atoms with van der Waals surface area (Å²) in [6, 6.07) is 13.1. The van der Waals surface area contributed by atoms with E-state index in [-0.39, 0.29) is 25.0 Å². The molecular weight excluding hydrogens is 366 g/mol. The fraction of sp³-hybridized carbons (Fsp3) is 0.211. The lowest BCUT2D eigenvalue weighted by Gasteiger charge is -2.17. The van der Waals surface area contributed by atoms with Gasteiger partial charge in [-0.25, -0.2) is 4.98 Å². The Morgan fingerprint density at radius 1 is 1.19 bits per heavy atom. The summed E-state index contributed by atoms with van der Waals surface area (Å²) in [4.78, 5) is 31.1. The molecule has 2 amide bonds. The van der Waals surface area contributed by atoms with E-state index in [4.69, 9.17) is 9.47 Å². The molecule has 27 heavy (non-hydrogen) atoms. The summed E-state index contributed by atoms with van der Waals surface area (Å²) in [6.45, 7) is 0.509. The number of fused-ring (bicyclic) bond motifs is 2. The molecule has 2 aromatic carbocycles. The number of hydrogen-bond donors (Lipinski definition) is 1. The Kier molecular flexibility index (Phi) is 3.71. The lowest BCUT2D eigenvalue weighted by molar-refractivity contribution is -0.122. The molecule has 1 saturated heterocycles. The van der Waals surface area contributed by atoms with E-state index < -0.39 is 5.92 Å². The highest BCUT2D eigenvalue weighted by Gasteiger charge is 2.36. The van der Waals surface area contributed by atoms with Gasteiger partial charge >= 0.3 is 0 Å². The number of para-hydroxylation sites is 1. The van der Waals surface area contributed by atoms with Crippen molar-refractivity contribution in [2.45, 2.75) is 6.42 Å². The Morgan fingerprint density at radius 3 is 2.93 bits per heavy atom. The minimum atomic E-state index is -0.421. The molecule has 8 heteroatoms.